The molecule has 12 heteroatoms. The maximum absolute atomic E-state index is 13.5. The van der Waals surface area contributed by atoms with Gasteiger partial charge in [-0.2, -0.15) is 0 Å². The number of unbranched alkanes of at least 4 members (excludes halogenated alkanes) is 27. The zero-order chi connectivity index (χ0) is 43.8. The van der Waals surface area contributed by atoms with Crippen molar-refractivity contribution in [2.45, 2.75) is 257 Å². The number of rotatable bonds is 38. The predicted octanol–water partition coefficient (Wildman–Crippen LogP) is 12.6. The van der Waals surface area contributed by atoms with Crippen LogP contribution in [0.2, 0.25) is 0 Å². The summed E-state index contributed by atoms with van der Waals surface area (Å²) in [6.07, 6.45) is 34.5. The molecule has 3 rings (SSSR count). The molecule has 0 spiro atoms. The molecule has 12 nitrogen and oxygen atoms in total. The van der Waals surface area contributed by atoms with Gasteiger partial charge in [0.1, 0.15) is 24.6 Å². The summed E-state index contributed by atoms with van der Waals surface area (Å²) >= 11 is 0. The average molecular weight is 856 g/mol. The highest BCUT2D eigenvalue weighted by atomic mass is 16.7. The Hall–Kier alpha value is -3.28. The number of nitrogen functional groups attached to an aromatic ring is 1. The highest BCUT2D eigenvalue weighted by Gasteiger charge is 2.51. The van der Waals surface area contributed by atoms with Crippen molar-refractivity contribution < 1.29 is 33.3 Å². The SMILES string of the molecule is CCCCCCCCCCCCC(=O)OC[C@H]1O[C@@H](n2cnc3c(N)ncnc32)[C@H](OC(=O)CCCCCCCCCCCC)[C@@H]1OC(=O)CCCCCCCCCCCC. The smallest absolute Gasteiger partial charge is 0.306 e. The summed E-state index contributed by atoms with van der Waals surface area (Å²) in [5.41, 5.74) is 6.90. The number of carbonyl (C=O) groups excluding carboxylic acids is 3. The van der Waals surface area contributed by atoms with E-state index in [1.165, 1.54) is 135 Å². The quantitative estimate of drug-likeness (QED) is 0.0389. The fourth-order valence-corrected chi connectivity index (χ4v) is 8.33. The van der Waals surface area contributed by atoms with Crippen LogP contribution in [0.25, 0.3) is 11.2 Å². The Morgan fingerprint density at radius 3 is 1.38 bits per heavy atom. The van der Waals surface area contributed by atoms with Crippen molar-refractivity contribution in [1.29, 1.82) is 0 Å². The number of hydrogen-bond acceptors (Lipinski definition) is 11. The zero-order valence-corrected chi connectivity index (χ0v) is 38.7. The summed E-state index contributed by atoms with van der Waals surface area (Å²) < 4.78 is 26.3. The first-order valence-corrected chi connectivity index (χ1v) is 25.0. The van der Waals surface area contributed by atoms with Crippen LogP contribution in [-0.4, -0.2) is 62.3 Å². The maximum atomic E-state index is 13.5. The van der Waals surface area contributed by atoms with Gasteiger partial charge in [0.25, 0.3) is 0 Å². The van der Waals surface area contributed by atoms with E-state index in [0.717, 1.165) is 57.8 Å². The Morgan fingerprint density at radius 2 is 0.934 bits per heavy atom. The van der Waals surface area contributed by atoms with Gasteiger partial charge in [-0.05, 0) is 19.3 Å². The van der Waals surface area contributed by atoms with Crippen molar-refractivity contribution in [3.05, 3.63) is 12.7 Å². The predicted molar refractivity (Wildman–Crippen MR) is 244 cm³/mol. The third-order valence-corrected chi connectivity index (χ3v) is 12.1. The summed E-state index contributed by atoms with van der Waals surface area (Å²) in [5, 5.41) is 0. The third kappa shape index (κ3) is 21.6. The number of anilines is 1. The summed E-state index contributed by atoms with van der Waals surface area (Å²) in [5.74, 6) is -0.919. The zero-order valence-electron chi connectivity index (χ0n) is 38.7. The number of aromatic nitrogens is 4. The van der Waals surface area contributed by atoms with E-state index in [9.17, 15) is 14.4 Å². The standard InChI is InChI=1S/C49H85N5O7/c1-4-7-10-13-16-19-22-25-28-31-34-41(55)58-37-40-45(60-42(56)35-32-29-26-23-20-17-14-11-8-5-2)46(49(59-40)54-39-53-44-47(50)51-38-52-48(44)54)61-43(57)36-33-30-27-24-21-18-15-12-9-6-3/h38-40,45-46,49H,4-37H2,1-3H3,(H2,50,51,52)/t40-,45-,46-,49-/m1/s1. The lowest BCUT2D eigenvalue weighted by Crippen LogP contribution is -2.41. The summed E-state index contributed by atoms with van der Waals surface area (Å²) in [7, 11) is 0. The van der Waals surface area contributed by atoms with E-state index in [2.05, 4.69) is 35.7 Å². The molecule has 1 fully saturated rings. The number of hydrogen-bond donors (Lipinski definition) is 1. The van der Waals surface area contributed by atoms with Gasteiger partial charge in [-0.15, -0.1) is 0 Å². The molecule has 0 aliphatic carbocycles. The molecule has 1 aliphatic heterocycles. The summed E-state index contributed by atoms with van der Waals surface area (Å²) in [4.78, 5) is 53.0. The minimum absolute atomic E-state index is 0.153. The number of carbonyl (C=O) groups is 3. The molecule has 0 aromatic carbocycles. The van der Waals surface area contributed by atoms with Crippen LogP contribution in [0.3, 0.4) is 0 Å². The average Bonchev–Trinajstić information content (AvgIpc) is 3.83. The molecule has 0 amide bonds. The number of fused-ring (bicyclic) bond motifs is 1. The molecule has 4 atom stereocenters. The van der Waals surface area contributed by atoms with Crippen LogP contribution in [0.5, 0.6) is 0 Å². The first kappa shape index (κ1) is 52.1. The van der Waals surface area contributed by atoms with E-state index in [4.69, 9.17) is 24.7 Å². The minimum atomic E-state index is -1.04. The van der Waals surface area contributed by atoms with E-state index >= 15 is 0 Å². The second-order valence-corrected chi connectivity index (χ2v) is 17.5. The lowest BCUT2D eigenvalue weighted by atomic mass is 10.1. The Kier molecular flexibility index (Phi) is 28.4. The summed E-state index contributed by atoms with van der Waals surface area (Å²) in [6.45, 7) is 6.55. The van der Waals surface area contributed by atoms with Crippen LogP contribution >= 0.6 is 0 Å². The molecule has 2 aromatic heterocycles. The molecule has 3 heterocycles. The van der Waals surface area contributed by atoms with E-state index in [-0.39, 0.29) is 31.2 Å². The van der Waals surface area contributed by atoms with E-state index < -0.39 is 36.5 Å². The van der Waals surface area contributed by atoms with Gasteiger partial charge in [0.15, 0.2) is 29.9 Å². The first-order chi connectivity index (χ1) is 29.9. The largest absolute Gasteiger partial charge is 0.463 e. The number of nitrogens with two attached hydrogens (primary N) is 1. The van der Waals surface area contributed by atoms with Crippen LogP contribution in [-0.2, 0) is 33.3 Å². The van der Waals surface area contributed by atoms with Crippen molar-refractivity contribution in [3.63, 3.8) is 0 Å². The second kappa shape index (κ2) is 33.3. The van der Waals surface area contributed by atoms with Gasteiger partial charge in [-0.1, -0.05) is 194 Å². The third-order valence-electron chi connectivity index (χ3n) is 12.1. The fraction of sp³-hybridized carbons (Fsp3) is 0.837. The molecule has 0 bridgehead atoms. The van der Waals surface area contributed by atoms with E-state index in [0.29, 0.717) is 30.4 Å². The molecule has 2 N–H and O–H groups in total. The normalized spacial score (nSPS) is 17.6. The van der Waals surface area contributed by atoms with Gasteiger partial charge in [0.2, 0.25) is 0 Å². The molecule has 61 heavy (non-hydrogen) atoms. The minimum Gasteiger partial charge on any atom is -0.463 e. The molecule has 1 aliphatic rings. The number of esters is 3. The van der Waals surface area contributed by atoms with Crippen LogP contribution < -0.4 is 5.73 Å². The van der Waals surface area contributed by atoms with Gasteiger partial charge < -0.3 is 24.7 Å². The van der Waals surface area contributed by atoms with Crippen LogP contribution in [0.4, 0.5) is 5.82 Å². The van der Waals surface area contributed by atoms with Crippen molar-refractivity contribution in [3.8, 4) is 0 Å². The molecule has 0 saturated carbocycles. The molecule has 1 saturated heterocycles. The molecule has 348 valence electrons. The first-order valence-electron chi connectivity index (χ1n) is 25.0. The topological polar surface area (TPSA) is 158 Å². The molecular weight excluding hydrogens is 771 g/mol. The number of nitrogens with zero attached hydrogens (tertiary/aromatic N) is 4. The highest BCUT2D eigenvalue weighted by molar-refractivity contribution is 5.81. The maximum Gasteiger partial charge on any atom is 0.306 e. The Balaban J connectivity index is 1.63. The Labute approximate surface area is 369 Å². The van der Waals surface area contributed by atoms with Crippen molar-refractivity contribution in [2.24, 2.45) is 0 Å². The van der Waals surface area contributed by atoms with Crippen LogP contribution in [0.1, 0.15) is 239 Å². The molecule has 0 unspecified atom stereocenters. The van der Waals surface area contributed by atoms with Gasteiger partial charge >= 0.3 is 17.9 Å². The number of ether oxygens (including phenoxy) is 4. The Morgan fingerprint density at radius 1 is 0.541 bits per heavy atom. The van der Waals surface area contributed by atoms with E-state index in [1.54, 1.807) is 4.57 Å². The van der Waals surface area contributed by atoms with Gasteiger partial charge in [-0.3, -0.25) is 19.0 Å². The fourth-order valence-electron chi connectivity index (χ4n) is 8.33. The lowest BCUT2D eigenvalue weighted by Gasteiger charge is -2.25. The molecule has 2 aromatic rings. The monoisotopic (exact) mass is 856 g/mol. The molecular formula is C49H85N5O7. The Bertz CT molecular complexity index is 1450. The van der Waals surface area contributed by atoms with Gasteiger partial charge in [-0.25, -0.2) is 15.0 Å². The van der Waals surface area contributed by atoms with Crippen molar-refractivity contribution in [2.75, 3.05) is 12.3 Å². The van der Waals surface area contributed by atoms with Gasteiger partial charge in [0.05, 0.1) is 6.33 Å². The lowest BCUT2D eigenvalue weighted by molar-refractivity contribution is -0.169. The molecule has 0 radical (unpaired) electrons. The van der Waals surface area contributed by atoms with Crippen LogP contribution in [0.15, 0.2) is 12.7 Å². The number of imidazole rings is 1. The highest BCUT2D eigenvalue weighted by Crippen LogP contribution is 2.37. The van der Waals surface area contributed by atoms with Crippen molar-refractivity contribution >= 4 is 34.9 Å². The second-order valence-electron chi connectivity index (χ2n) is 17.5. The van der Waals surface area contributed by atoms with E-state index in [1.807, 2.05) is 0 Å². The van der Waals surface area contributed by atoms with Crippen LogP contribution in [0, 0.1) is 0 Å². The van der Waals surface area contributed by atoms with Gasteiger partial charge in [0, 0.05) is 19.3 Å². The van der Waals surface area contributed by atoms with Crippen molar-refractivity contribution in [1.82, 2.24) is 19.5 Å². The summed E-state index contributed by atoms with van der Waals surface area (Å²) in [6, 6.07) is 0.